The minimum Gasteiger partial charge on any atom is -0.507 e. The highest BCUT2D eigenvalue weighted by Gasteiger charge is 2.23. The van der Waals surface area contributed by atoms with Crippen molar-refractivity contribution in [2.45, 2.75) is 44.9 Å². The highest BCUT2D eigenvalue weighted by molar-refractivity contribution is 6.34. The molecule has 0 aromatic heterocycles. The third-order valence-electron chi connectivity index (χ3n) is 5.59. The summed E-state index contributed by atoms with van der Waals surface area (Å²) in [6.45, 7) is 1.42. The Morgan fingerprint density at radius 3 is 2.53 bits per heavy atom. The molecule has 1 aromatic rings. The van der Waals surface area contributed by atoms with Gasteiger partial charge in [-0.05, 0) is 44.3 Å². The number of carbonyl (C=O) groups is 2. The van der Waals surface area contributed by atoms with E-state index >= 15 is 0 Å². The Labute approximate surface area is 204 Å². The second-order valence-electron chi connectivity index (χ2n) is 8.18. The van der Waals surface area contributed by atoms with Gasteiger partial charge in [0.15, 0.2) is 6.61 Å². The molecule has 0 radical (unpaired) electrons. The normalized spacial score (nSPS) is 19.3. The van der Waals surface area contributed by atoms with Gasteiger partial charge in [0, 0.05) is 24.7 Å². The number of esters is 1. The summed E-state index contributed by atoms with van der Waals surface area (Å²) in [5, 5.41) is 20.4. The van der Waals surface area contributed by atoms with Crippen molar-refractivity contribution >= 4 is 29.6 Å². The zero-order valence-corrected chi connectivity index (χ0v) is 19.9. The highest BCUT2D eigenvalue weighted by atomic mass is 35.5. The van der Waals surface area contributed by atoms with E-state index in [9.17, 15) is 19.8 Å². The number of carbonyl (C=O) groups excluding carboxylic acids is 2. The topological polar surface area (TPSA) is 108 Å². The van der Waals surface area contributed by atoms with Crippen molar-refractivity contribution in [2.75, 3.05) is 26.3 Å². The van der Waals surface area contributed by atoms with Gasteiger partial charge in [0.05, 0.1) is 17.3 Å². The molecule has 1 saturated heterocycles. The van der Waals surface area contributed by atoms with Crippen molar-refractivity contribution in [3.8, 4) is 11.5 Å². The van der Waals surface area contributed by atoms with Gasteiger partial charge < -0.3 is 19.8 Å². The van der Waals surface area contributed by atoms with Gasteiger partial charge in [0.2, 0.25) is 0 Å². The van der Waals surface area contributed by atoms with E-state index in [4.69, 9.17) is 21.2 Å². The Hall–Kier alpha value is -2.97. The first-order chi connectivity index (χ1) is 16.5. The van der Waals surface area contributed by atoms with Crippen LogP contribution in [-0.4, -0.2) is 53.3 Å². The summed E-state index contributed by atoms with van der Waals surface area (Å²) in [5.41, 5.74) is 3.03. The van der Waals surface area contributed by atoms with Crippen molar-refractivity contribution in [1.29, 1.82) is 0 Å². The summed E-state index contributed by atoms with van der Waals surface area (Å²) in [7, 11) is 0. The van der Waals surface area contributed by atoms with Crippen LogP contribution < -0.4 is 5.48 Å². The number of ether oxygens (including phenoxy) is 1. The zero-order chi connectivity index (χ0) is 24.3. The Morgan fingerprint density at radius 1 is 1.06 bits per heavy atom. The number of halogens is 1. The minimum atomic E-state index is -0.767. The number of phenols is 2. The van der Waals surface area contributed by atoms with Crippen LogP contribution in [0.1, 0.15) is 60.9 Å². The number of hydrogen-bond donors (Lipinski definition) is 3. The number of nitrogens with one attached hydrogen (secondary N) is 1. The summed E-state index contributed by atoms with van der Waals surface area (Å²) < 4.78 is 5.27. The maximum Gasteiger partial charge on any atom is 0.342 e. The van der Waals surface area contributed by atoms with E-state index in [2.05, 4.69) is 5.48 Å². The number of nitrogens with zero attached hydrogens (tertiary/aromatic N) is 1. The molecule has 0 aliphatic carbocycles. The number of aromatic hydroxyl groups is 2. The molecule has 0 spiro atoms. The molecule has 2 heterocycles. The number of likely N-dealkylation sites (tertiary alicyclic amines) is 1. The predicted octanol–water partition coefficient (Wildman–Crippen LogP) is 4.47. The van der Waals surface area contributed by atoms with Crippen LogP contribution in [0.2, 0.25) is 5.02 Å². The van der Waals surface area contributed by atoms with Gasteiger partial charge in [0.25, 0.3) is 5.91 Å². The SMILES string of the molecule is O=C1OCCC=CCCC=C/C(NOCC(=O)N2CCCCCC2)=C/c2c(Cl)c(O)cc(O)c21. The maximum atomic E-state index is 12.7. The quantitative estimate of drug-likeness (QED) is 0.324. The molecule has 9 heteroatoms. The fraction of sp³-hybridized carbons (Fsp3) is 0.440. The van der Waals surface area contributed by atoms with E-state index in [1.807, 2.05) is 18.2 Å². The summed E-state index contributed by atoms with van der Waals surface area (Å²) in [6, 6.07) is 0.999. The Balaban J connectivity index is 1.84. The molecular formula is C25H31ClN2O6. The highest BCUT2D eigenvalue weighted by Crippen LogP contribution is 2.38. The molecular weight excluding hydrogens is 460 g/mol. The maximum absolute atomic E-state index is 12.7. The van der Waals surface area contributed by atoms with Crippen LogP contribution in [-0.2, 0) is 14.4 Å². The summed E-state index contributed by atoms with van der Waals surface area (Å²) in [6.07, 6.45) is 15.3. The lowest BCUT2D eigenvalue weighted by atomic mass is 10.0. The Kier molecular flexibility index (Phi) is 9.85. The molecule has 184 valence electrons. The van der Waals surface area contributed by atoms with E-state index < -0.39 is 11.7 Å². The molecule has 2 aliphatic heterocycles. The van der Waals surface area contributed by atoms with Gasteiger partial charge in [-0.3, -0.25) is 15.1 Å². The van der Waals surface area contributed by atoms with E-state index in [0.717, 1.165) is 57.7 Å². The average molecular weight is 491 g/mol. The van der Waals surface area contributed by atoms with Gasteiger partial charge in [-0.25, -0.2) is 4.79 Å². The molecule has 34 heavy (non-hydrogen) atoms. The third-order valence-corrected chi connectivity index (χ3v) is 5.99. The largest absolute Gasteiger partial charge is 0.507 e. The predicted molar refractivity (Wildman–Crippen MR) is 129 cm³/mol. The average Bonchev–Trinajstić information content (AvgIpc) is 3.10. The fourth-order valence-electron chi connectivity index (χ4n) is 3.79. The van der Waals surface area contributed by atoms with Gasteiger partial charge >= 0.3 is 5.97 Å². The zero-order valence-electron chi connectivity index (χ0n) is 19.1. The molecule has 0 saturated carbocycles. The van der Waals surface area contributed by atoms with Crippen LogP contribution >= 0.6 is 11.6 Å². The standard InChI is InChI=1S/C25H31ClN2O6/c26-24-19-15-18(27-34-17-22(31)28-12-8-4-5-9-13-28)11-7-3-1-2-6-10-14-33-25(32)23(19)20(29)16-21(24)30/h2,6-7,11,15-16,27,29-30H,1,3-5,8-10,12-14,17H2/b6-2?,11-7?,18-15-. The summed E-state index contributed by atoms with van der Waals surface area (Å²) >= 11 is 6.29. The molecule has 1 fully saturated rings. The monoisotopic (exact) mass is 490 g/mol. The smallest absolute Gasteiger partial charge is 0.342 e. The first-order valence-electron chi connectivity index (χ1n) is 11.6. The number of hydrogen-bond acceptors (Lipinski definition) is 7. The Morgan fingerprint density at radius 2 is 1.76 bits per heavy atom. The Bertz CT molecular complexity index is 965. The summed E-state index contributed by atoms with van der Waals surface area (Å²) in [5.74, 6) is -1.72. The number of benzene rings is 1. The van der Waals surface area contributed by atoms with E-state index in [0.29, 0.717) is 12.1 Å². The molecule has 8 nitrogen and oxygen atoms in total. The number of amides is 1. The molecule has 0 atom stereocenters. The first-order valence-corrected chi connectivity index (χ1v) is 12.0. The molecule has 1 aromatic carbocycles. The lowest BCUT2D eigenvalue weighted by molar-refractivity contribution is -0.138. The van der Waals surface area contributed by atoms with Crippen molar-refractivity contribution < 1.29 is 29.4 Å². The van der Waals surface area contributed by atoms with Crippen LogP contribution in [0.5, 0.6) is 11.5 Å². The van der Waals surface area contributed by atoms with E-state index in [1.54, 1.807) is 11.0 Å². The van der Waals surface area contributed by atoms with E-state index in [1.165, 1.54) is 6.08 Å². The van der Waals surface area contributed by atoms with Crippen LogP contribution in [0.4, 0.5) is 0 Å². The molecule has 2 aliphatic rings. The molecule has 3 N–H and O–H groups in total. The van der Waals surface area contributed by atoms with Gasteiger partial charge in [-0.15, -0.1) is 0 Å². The van der Waals surface area contributed by atoms with Crippen LogP contribution in [0.3, 0.4) is 0 Å². The van der Waals surface area contributed by atoms with Crippen LogP contribution in [0.15, 0.2) is 36.1 Å². The van der Waals surface area contributed by atoms with Gasteiger partial charge in [-0.1, -0.05) is 42.7 Å². The molecule has 1 amide bonds. The molecule has 3 rings (SSSR count). The number of cyclic esters (lactones) is 1. The number of hydroxylamine groups is 1. The molecule has 0 bridgehead atoms. The van der Waals surface area contributed by atoms with E-state index in [-0.39, 0.29) is 41.0 Å². The van der Waals surface area contributed by atoms with Crippen LogP contribution in [0.25, 0.3) is 6.08 Å². The van der Waals surface area contributed by atoms with Crippen molar-refractivity contribution in [3.63, 3.8) is 0 Å². The van der Waals surface area contributed by atoms with Gasteiger partial charge in [-0.2, -0.15) is 0 Å². The second-order valence-corrected chi connectivity index (χ2v) is 8.56. The minimum absolute atomic E-state index is 0.0753. The molecule has 0 unspecified atom stereocenters. The summed E-state index contributed by atoms with van der Waals surface area (Å²) in [4.78, 5) is 32.5. The van der Waals surface area contributed by atoms with Crippen molar-refractivity contribution in [1.82, 2.24) is 10.4 Å². The van der Waals surface area contributed by atoms with Crippen molar-refractivity contribution in [2.24, 2.45) is 0 Å². The lowest BCUT2D eigenvalue weighted by Crippen LogP contribution is -2.36. The number of fused-ring (bicyclic) bond motifs is 1. The number of allylic oxidation sites excluding steroid dienone is 3. The lowest BCUT2D eigenvalue weighted by Gasteiger charge is -2.20. The number of rotatable bonds is 4. The fourth-order valence-corrected chi connectivity index (χ4v) is 3.99. The van der Waals surface area contributed by atoms with Crippen LogP contribution in [0, 0.1) is 0 Å². The number of phenolic OH excluding ortho intramolecular Hbond substituents is 2. The van der Waals surface area contributed by atoms with Crippen molar-refractivity contribution in [3.05, 3.63) is 52.2 Å². The third kappa shape index (κ3) is 7.27. The van der Waals surface area contributed by atoms with Gasteiger partial charge in [0.1, 0.15) is 17.1 Å². The second kappa shape index (κ2) is 13.1. The first kappa shape index (κ1) is 25.6.